The number of benzene rings is 2. The van der Waals surface area contributed by atoms with Gasteiger partial charge in [-0.2, -0.15) is 5.10 Å². The Balaban J connectivity index is 1.73. The van der Waals surface area contributed by atoms with Gasteiger partial charge in [-0.3, -0.25) is 5.43 Å². The van der Waals surface area contributed by atoms with Crippen molar-refractivity contribution in [3.8, 4) is 28.5 Å². The van der Waals surface area contributed by atoms with Gasteiger partial charge in [-0.25, -0.2) is 4.98 Å². The summed E-state index contributed by atoms with van der Waals surface area (Å²) in [5.41, 5.74) is 7.00. The molecule has 0 bridgehead atoms. The average molecular weight is 383 g/mol. The second-order valence-electron chi connectivity index (χ2n) is 5.73. The van der Waals surface area contributed by atoms with E-state index < -0.39 is 0 Å². The highest BCUT2D eigenvalue weighted by Crippen LogP contribution is 2.37. The van der Waals surface area contributed by atoms with Crippen LogP contribution in [0.15, 0.2) is 46.9 Å². The molecule has 0 atom stereocenters. The van der Waals surface area contributed by atoms with Gasteiger partial charge in [0.25, 0.3) is 0 Å². The van der Waals surface area contributed by atoms with Crippen molar-refractivity contribution < 1.29 is 14.2 Å². The van der Waals surface area contributed by atoms with Crippen molar-refractivity contribution >= 4 is 22.7 Å². The summed E-state index contributed by atoms with van der Waals surface area (Å²) >= 11 is 1.50. The molecule has 0 spiro atoms. The number of ether oxygens (including phenoxy) is 3. The van der Waals surface area contributed by atoms with Gasteiger partial charge in [-0.1, -0.05) is 29.8 Å². The zero-order chi connectivity index (χ0) is 19.2. The maximum atomic E-state index is 5.35. The van der Waals surface area contributed by atoms with Crippen LogP contribution in [0.4, 0.5) is 5.13 Å². The summed E-state index contributed by atoms with van der Waals surface area (Å²) in [4.78, 5) is 4.56. The van der Waals surface area contributed by atoms with E-state index in [1.807, 2.05) is 17.5 Å². The average Bonchev–Trinajstić information content (AvgIpc) is 3.16. The van der Waals surface area contributed by atoms with E-state index in [0.717, 1.165) is 16.8 Å². The fourth-order valence-corrected chi connectivity index (χ4v) is 3.19. The lowest BCUT2D eigenvalue weighted by atomic mass is 10.1. The second-order valence-corrected chi connectivity index (χ2v) is 6.59. The molecule has 0 aliphatic rings. The van der Waals surface area contributed by atoms with Gasteiger partial charge >= 0.3 is 0 Å². The molecule has 140 valence electrons. The van der Waals surface area contributed by atoms with E-state index in [-0.39, 0.29) is 0 Å². The van der Waals surface area contributed by atoms with Crippen molar-refractivity contribution in [2.75, 3.05) is 26.8 Å². The molecule has 0 unspecified atom stereocenters. The predicted molar refractivity (Wildman–Crippen MR) is 110 cm³/mol. The van der Waals surface area contributed by atoms with E-state index in [0.29, 0.717) is 22.4 Å². The van der Waals surface area contributed by atoms with E-state index in [2.05, 4.69) is 46.7 Å². The van der Waals surface area contributed by atoms with Crippen molar-refractivity contribution in [2.24, 2.45) is 5.10 Å². The predicted octanol–water partition coefficient (Wildman–Crippen LogP) is 4.59. The fraction of sp³-hybridized carbons (Fsp3) is 0.200. The summed E-state index contributed by atoms with van der Waals surface area (Å²) in [6.07, 6.45) is 1.68. The van der Waals surface area contributed by atoms with Gasteiger partial charge in [0.05, 0.1) is 33.2 Å². The number of hydrazone groups is 1. The van der Waals surface area contributed by atoms with Crippen LogP contribution < -0.4 is 19.6 Å². The third-order valence-electron chi connectivity index (χ3n) is 3.91. The summed E-state index contributed by atoms with van der Waals surface area (Å²) in [7, 11) is 4.74. The third kappa shape index (κ3) is 4.38. The summed E-state index contributed by atoms with van der Waals surface area (Å²) in [6.45, 7) is 2.07. The van der Waals surface area contributed by atoms with Crippen molar-refractivity contribution in [3.63, 3.8) is 0 Å². The number of thiazole rings is 1. The normalized spacial score (nSPS) is 10.8. The van der Waals surface area contributed by atoms with Crippen LogP contribution in [0, 0.1) is 6.92 Å². The molecule has 1 aromatic heterocycles. The van der Waals surface area contributed by atoms with E-state index in [4.69, 9.17) is 14.2 Å². The Bertz CT molecular complexity index is 911. The molecule has 27 heavy (non-hydrogen) atoms. The Labute approximate surface area is 162 Å². The van der Waals surface area contributed by atoms with Crippen molar-refractivity contribution in [1.82, 2.24) is 4.98 Å². The molecule has 0 amide bonds. The maximum Gasteiger partial charge on any atom is 0.203 e. The zero-order valence-corrected chi connectivity index (χ0v) is 16.5. The van der Waals surface area contributed by atoms with E-state index in [1.165, 1.54) is 16.9 Å². The first kappa shape index (κ1) is 18.7. The fourth-order valence-electron chi connectivity index (χ4n) is 2.52. The van der Waals surface area contributed by atoms with Crippen LogP contribution in [0.3, 0.4) is 0 Å². The Morgan fingerprint density at radius 3 is 2.26 bits per heavy atom. The quantitative estimate of drug-likeness (QED) is 0.477. The number of nitrogens with zero attached hydrogens (tertiary/aromatic N) is 2. The topological polar surface area (TPSA) is 65.0 Å². The number of hydrogen-bond acceptors (Lipinski definition) is 7. The van der Waals surface area contributed by atoms with E-state index >= 15 is 0 Å². The number of nitrogens with one attached hydrogen (secondary N) is 1. The summed E-state index contributed by atoms with van der Waals surface area (Å²) in [5.74, 6) is 1.70. The Morgan fingerprint density at radius 1 is 1.00 bits per heavy atom. The molecule has 1 heterocycles. The highest BCUT2D eigenvalue weighted by atomic mass is 32.1. The first-order valence-electron chi connectivity index (χ1n) is 8.26. The standard InChI is InChI=1S/C20H21N3O3S/c1-13-5-7-15(8-6-13)16-12-27-20(22-16)23-21-11-14-9-17(24-2)19(26-4)18(10-14)25-3/h5-12H,1-4H3,(H,22,23)/b21-11+. The van der Waals surface area contributed by atoms with Gasteiger partial charge in [0.1, 0.15) is 0 Å². The first-order chi connectivity index (χ1) is 13.1. The van der Waals surface area contributed by atoms with E-state index in [1.54, 1.807) is 27.5 Å². The highest BCUT2D eigenvalue weighted by molar-refractivity contribution is 7.14. The number of hydrogen-bond donors (Lipinski definition) is 1. The molecular weight excluding hydrogens is 362 g/mol. The number of anilines is 1. The molecule has 0 saturated heterocycles. The molecule has 3 aromatic rings. The van der Waals surface area contributed by atoms with Gasteiger partial charge in [0, 0.05) is 16.5 Å². The Morgan fingerprint density at radius 2 is 1.67 bits per heavy atom. The molecule has 0 saturated carbocycles. The molecule has 3 rings (SSSR count). The van der Waals surface area contributed by atoms with Gasteiger partial charge in [-0.15, -0.1) is 11.3 Å². The lowest BCUT2D eigenvalue weighted by Crippen LogP contribution is -1.97. The van der Waals surface area contributed by atoms with Gasteiger partial charge in [0.15, 0.2) is 11.5 Å². The minimum atomic E-state index is 0.549. The first-order valence-corrected chi connectivity index (χ1v) is 9.14. The van der Waals surface area contributed by atoms with Gasteiger partial charge in [-0.05, 0) is 19.1 Å². The molecular formula is C20H21N3O3S. The van der Waals surface area contributed by atoms with Crippen LogP contribution in [0.2, 0.25) is 0 Å². The minimum Gasteiger partial charge on any atom is -0.493 e. The molecule has 1 N–H and O–H groups in total. The number of aromatic nitrogens is 1. The third-order valence-corrected chi connectivity index (χ3v) is 4.66. The lowest BCUT2D eigenvalue weighted by Gasteiger charge is -2.12. The molecule has 7 heteroatoms. The van der Waals surface area contributed by atoms with Crippen molar-refractivity contribution in [1.29, 1.82) is 0 Å². The molecule has 6 nitrogen and oxygen atoms in total. The van der Waals surface area contributed by atoms with Crippen molar-refractivity contribution in [3.05, 3.63) is 52.9 Å². The Kier molecular flexibility index (Phi) is 5.93. The second kappa shape index (κ2) is 8.55. The monoisotopic (exact) mass is 383 g/mol. The van der Waals surface area contributed by atoms with Crippen molar-refractivity contribution in [2.45, 2.75) is 6.92 Å². The molecule has 0 aliphatic carbocycles. The smallest absolute Gasteiger partial charge is 0.203 e. The van der Waals surface area contributed by atoms with Crippen LogP contribution in [0.25, 0.3) is 11.3 Å². The SMILES string of the molecule is COc1cc(/C=N/Nc2nc(-c3ccc(C)cc3)cs2)cc(OC)c1OC. The largest absolute Gasteiger partial charge is 0.493 e. The van der Waals surface area contributed by atoms with Gasteiger partial charge < -0.3 is 14.2 Å². The summed E-state index contributed by atoms with van der Waals surface area (Å²) in [6, 6.07) is 11.9. The lowest BCUT2D eigenvalue weighted by molar-refractivity contribution is 0.324. The molecule has 0 radical (unpaired) electrons. The number of aryl methyl sites for hydroxylation is 1. The zero-order valence-electron chi connectivity index (χ0n) is 15.6. The molecule has 0 aliphatic heterocycles. The number of methoxy groups -OCH3 is 3. The Hall–Kier alpha value is -3.06. The summed E-state index contributed by atoms with van der Waals surface area (Å²) < 4.78 is 16.0. The van der Waals surface area contributed by atoms with Crippen LogP contribution in [0.5, 0.6) is 17.2 Å². The van der Waals surface area contributed by atoms with Crippen LogP contribution in [-0.4, -0.2) is 32.5 Å². The highest BCUT2D eigenvalue weighted by Gasteiger charge is 2.12. The summed E-state index contributed by atoms with van der Waals surface area (Å²) in [5, 5.41) is 6.98. The minimum absolute atomic E-state index is 0.549. The van der Waals surface area contributed by atoms with Crippen LogP contribution in [0.1, 0.15) is 11.1 Å². The van der Waals surface area contributed by atoms with Gasteiger partial charge in [0.2, 0.25) is 10.9 Å². The van der Waals surface area contributed by atoms with Crippen LogP contribution >= 0.6 is 11.3 Å². The molecule has 0 fully saturated rings. The van der Waals surface area contributed by atoms with Crippen LogP contribution in [-0.2, 0) is 0 Å². The maximum absolute atomic E-state index is 5.35. The molecule has 2 aromatic carbocycles. The number of rotatable bonds is 7. The van der Waals surface area contributed by atoms with E-state index in [9.17, 15) is 0 Å².